The lowest BCUT2D eigenvalue weighted by atomic mass is 10.2. The Morgan fingerprint density at radius 2 is 1.94 bits per heavy atom. The number of hydrogen-bond donors (Lipinski definition) is 2. The number of nitrogens with one attached hydrogen (secondary N) is 2. The molecule has 1 fully saturated rings. The van der Waals surface area contributed by atoms with Crippen molar-refractivity contribution in [3.05, 3.63) is 0 Å². The first-order valence-corrected chi connectivity index (χ1v) is 5.95. The van der Waals surface area contributed by atoms with Gasteiger partial charge in [-0.2, -0.15) is 0 Å². The summed E-state index contributed by atoms with van der Waals surface area (Å²) in [5.41, 5.74) is 0. The van der Waals surface area contributed by atoms with Gasteiger partial charge >= 0.3 is 0 Å². The van der Waals surface area contributed by atoms with E-state index in [4.69, 9.17) is 9.47 Å². The van der Waals surface area contributed by atoms with Crippen molar-refractivity contribution >= 4 is 11.8 Å². The monoisotopic (exact) mass is 259 g/mol. The fourth-order valence-electron chi connectivity index (χ4n) is 1.70. The van der Waals surface area contributed by atoms with E-state index in [2.05, 4.69) is 10.6 Å². The van der Waals surface area contributed by atoms with E-state index in [9.17, 15) is 9.59 Å². The van der Waals surface area contributed by atoms with Crippen molar-refractivity contribution in [2.45, 2.75) is 6.04 Å². The van der Waals surface area contributed by atoms with Crippen molar-refractivity contribution < 1.29 is 19.1 Å². The van der Waals surface area contributed by atoms with E-state index in [1.54, 1.807) is 19.1 Å². The highest BCUT2D eigenvalue weighted by Crippen LogP contribution is 1.98. The molecule has 1 unspecified atom stereocenters. The predicted octanol–water partition coefficient (Wildman–Crippen LogP) is -1.80. The molecule has 7 nitrogen and oxygen atoms in total. The number of piperazine rings is 1. The lowest BCUT2D eigenvalue weighted by Gasteiger charge is -2.29. The highest BCUT2D eigenvalue weighted by molar-refractivity contribution is 5.86. The van der Waals surface area contributed by atoms with E-state index < -0.39 is 0 Å². The third-order valence-corrected chi connectivity index (χ3v) is 2.75. The molecule has 104 valence electrons. The van der Waals surface area contributed by atoms with Crippen molar-refractivity contribution in [2.75, 3.05) is 53.6 Å². The highest BCUT2D eigenvalue weighted by Gasteiger charge is 2.27. The van der Waals surface area contributed by atoms with Gasteiger partial charge in [0.25, 0.3) is 0 Å². The summed E-state index contributed by atoms with van der Waals surface area (Å²) in [5.74, 6) is -0.122. The van der Waals surface area contributed by atoms with Crippen LogP contribution < -0.4 is 10.6 Å². The molecule has 7 heteroatoms. The SMILES string of the molecule is COCCN(CCOC)C(=O)C1CNC(=O)CN1. The maximum absolute atomic E-state index is 12.2. The van der Waals surface area contributed by atoms with Crippen LogP contribution in [0.2, 0.25) is 0 Å². The summed E-state index contributed by atoms with van der Waals surface area (Å²) in [4.78, 5) is 24.9. The smallest absolute Gasteiger partial charge is 0.241 e. The first kappa shape index (κ1) is 14.9. The minimum absolute atomic E-state index is 0.0379. The second-order valence-electron chi connectivity index (χ2n) is 4.05. The van der Waals surface area contributed by atoms with Gasteiger partial charge < -0.3 is 19.7 Å². The lowest BCUT2D eigenvalue weighted by molar-refractivity contribution is -0.136. The van der Waals surface area contributed by atoms with Gasteiger partial charge in [-0.25, -0.2) is 0 Å². The van der Waals surface area contributed by atoms with Crippen LogP contribution in [0.25, 0.3) is 0 Å². The molecule has 1 aliphatic rings. The van der Waals surface area contributed by atoms with Gasteiger partial charge in [-0.15, -0.1) is 0 Å². The van der Waals surface area contributed by atoms with Crippen LogP contribution in [0.4, 0.5) is 0 Å². The van der Waals surface area contributed by atoms with Gasteiger partial charge in [-0.05, 0) is 0 Å². The first-order chi connectivity index (χ1) is 8.69. The van der Waals surface area contributed by atoms with E-state index in [1.165, 1.54) is 0 Å². The molecule has 0 bridgehead atoms. The predicted molar refractivity (Wildman–Crippen MR) is 65.1 cm³/mol. The molecule has 0 aromatic heterocycles. The first-order valence-electron chi connectivity index (χ1n) is 5.95. The molecular weight excluding hydrogens is 238 g/mol. The molecule has 1 atom stereocenters. The maximum atomic E-state index is 12.2. The Morgan fingerprint density at radius 3 is 2.39 bits per heavy atom. The molecule has 0 aromatic rings. The van der Waals surface area contributed by atoms with E-state index in [0.717, 1.165) is 0 Å². The largest absolute Gasteiger partial charge is 0.383 e. The number of carbonyl (C=O) groups is 2. The Kier molecular flexibility index (Phi) is 6.63. The third-order valence-electron chi connectivity index (χ3n) is 2.75. The minimum atomic E-state index is -0.364. The lowest BCUT2D eigenvalue weighted by Crippen LogP contribution is -2.59. The maximum Gasteiger partial charge on any atom is 0.241 e. The molecule has 1 saturated heterocycles. The Hall–Kier alpha value is -1.18. The van der Waals surface area contributed by atoms with Crippen molar-refractivity contribution in [1.82, 2.24) is 15.5 Å². The Morgan fingerprint density at radius 1 is 1.33 bits per heavy atom. The Labute approximate surface area is 107 Å². The van der Waals surface area contributed by atoms with Gasteiger partial charge in [-0.1, -0.05) is 0 Å². The quantitative estimate of drug-likeness (QED) is 0.564. The van der Waals surface area contributed by atoms with Crippen molar-refractivity contribution in [2.24, 2.45) is 0 Å². The number of rotatable bonds is 7. The van der Waals surface area contributed by atoms with Crippen LogP contribution in [-0.2, 0) is 19.1 Å². The molecule has 1 aliphatic heterocycles. The summed E-state index contributed by atoms with van der Waals surface area (Å²) in [7, 11) is 3.19. The molecule has 2 N–H and O–H groups in total. The summed E-state index contributed by atoms with van der Waals surface area (Å²) in [6, 6.07) is -0.364. The Bertz CT molecular complexity index is 267. The average Bonchev–Trinajstić information content (AvgIpc) is 2.39. The number of methoxy groups -OCH3 is 2. The average molecular weight is 259 g/mol. The van der Waals surface area contributed by atoms with Crippen LogP contribution in [0, 0.1) is 0 Å². The van der Waals surface area contributed by atoms with Gasteiger partial charge in [0.15, 0.2) is 0 Å². The van der Waals surface area contributed by atoms with Gasteiger partial charge in [0, 0.05) is 33.9 Å². The van der Waals surface area contributed by atoms with Gasteiger partial charge in [0.1, 0.15) is 6.04 Å². The summed E-state index contributed by atoms with van der Waals surface area (Å²) < 4.78 is 9.96. The van der Waals surface area contributed by atoms with Crippen molar-refractivity contribution in [1.29, 1.82) is 0 Å². The number of amides is 2. The standard InChI is InChI=1S/C11H21N3O4/c1-17-5-3-14(4-6-18-2)11(16)9-7-13-10(15)8-12-9/h9,12H,3-8H2,1-2H3,(H,13,15). The summed E-state index contributed by atoms with van der Waals surface area (Å²) >= 11 is 0. The molecule has 0 aliphatic carbocycles. The molecule has 1 rings (SSSR count). The second-order valence-corrected chi connectivity index (χ2v) is 4.05. The van der Waals surface area contributed by atoms with Gasteiger partial charge in [0.2, 0.25) is 11.8 Å². The van der Waals surface area contributed by atoms with Crippen molar-refractivity contribution in [3.63, 3.8) is 0 Å². The minimum Gasteiger partial charge on any atom is -0.383 e. The molecular formula is C11H21N3O4. The number of nitrogens with zero attached hydrogens (tertiary/aromatic N) is 1. The molecule has 18 heavy (non-hydrogen) atoms. The van der Waals surface area contributed by atoms with Crippen LogP contribution in [0.3, 0.4) is 0 Å². The van der Waals surface area contributed by atoms with Gasteiger partial charge in [-0.3, -0.25) is 14.9 Å². The van der Waals surface area contributed by atoms with Crippen LogP contribution >= 0.6 is 0 Å². The third kappa shape index (κ3) is 4.59. The van der Waals surface area contributed by atoms with E-state index in [-0.39, 0.29) is 24.4 Å². The van der Waals surface area contributed by atoms with Crippen LogP contribution in [0.5, 0.6) is 0 Å². The van der Waals surface area contributed by atoms with Crippen LogP contribution in [0.15, 0.2) is 0 Å². The topological polar surface area (TPSA) is 79.9 Å². The number of hydrogen-bond acceptors (Lipinski definition) is 5. The van der Waals surface area contributed by atoms with E-state index >= 15 is 0 Å². The van der Waals surface area contributed by atoms with E-state index in [1.807, 2.05) is 0 Å². The highest BCUT2D eigenvalue weighted by atomic mass is 16.5. The molecule has 1 heterocycles. The summed E-state index contributed by atoms with van der Waals surface area (Å²) in [5, 5.41) is 5.59. The zero-order valence-electron chi connectivity index (χ0n) is 10.9. The molecule has 0 saturated carbocycles. The normalized spacial score (nSPS) is 19.4. The number of ether oxygens (including phenoxy) is 2. The van der Waals surface area contributed by atoms with Crippen molar-refractivity contribution in [3.8, 4) is 0 Å². The van der Waals surface area contributed by atoms with Crippen LogP contribution in [-0.4, -0.2) is 76.4 Å². The van der Waals surface area contributed by atoms with Gasteiger partial charge in [0.05, 0.1) is 19.8 Å². The molecule has 0 radical (unpaired) electrons. The number of carbonyl (C=O) groups excluding carboxylic acids is 2. The summed E-state index contributed by atoms with van der Waals surface area (Å²) in [6.45, 7) is 2.51. The van der Waals surface area contributed by atoms with Crippen LogP contribution in [0.1, 0.15) is 0 Å². The van der Waals surface area contributed by atoms with E-state index in [0.29, 0.717) is 32.8 Å². The fraction of sp³-hybridized carbons (Fsp3) is 0.818. The fourth-order valence-corrected chi connectivity index (χ4v) is 1.70. The zero-order valence-corrected chi connectivity index (χ0v) is 10.9. The Balaban J connectivity index is 2.48. The molecule has 0 spiro atoms. The summed E-state index contributed by atoms with van der Waals surface area (Å²) in [6.07, 6.45) is 0. The molecule has 0 aromatic carbocycles. The second kappa shape index (κ2) is 8.02. The molecule has 2 amide bonds. The zero-order chi connectivity index (χ0) is 13.4.